The molecule has 11 heteroatoms. The number of methoxy groups -OCH3 is 2. The Morgan fingerprint density at radius 1 is 1.07 bits per heavy atom. The molecule has 230 valence electrons. The van der Waals surface area contributed by atoms with Crippen molar-refractivity contribution in [3.63, 3.8) is 0 Å². The summed E-state index contributed by atoms with van der Waals surface area (Å²) in [6.07, 6.45) is 2.14. The second kappa shape index (κ2) is 13.9. The molecule has 4 aromatic rings. The number of aliphatic hydroxyl groups is 1. The molecular formula is C33H34Cl2N4O5. The summed E-state index contributed by atoms with van der Waals surface area (Å²) >= 11 is 14.1. The fraction of sp³-hybridized carbons (Fsp3) is 0.303. The van der Waals surface area contributed by atoms with Gasteiger partial charge in [-0.05, 0) is 43.2 Å². The molecular weight excluding hydrogens is 603 g/mol. The largest absolute Gasteiger partial charge is 0.496 e. The number of hydrogen-bond donors (Lipinski definition) is 3. The quantitative estimate of drug-likeness (QED) is 0.190. The number of hydrogen-bond acceptors (Lipinski definition) is 8. The molecule has 0 bridgehead atoms. The zero-order valence-electron chi connectivity index (χ0n) is 24.7. The molecule has 0 saturated carbocycles. The molecule has 0 amide bonds. The van der Waals surface area contributed by atoms with Gasteiger partial charge in [0.2, 0.25) is 5.88 Å². The minimum atomic E-state index is -0.943. The van der Waals surface area contributed by atoms with Crippen molar-refractivity contribution in [2.75, 3.05) is 33.9 Å². The van der Waals surface area contributed by atoms with Gasteiger partial charge in [-0.25, -0.2) is 4.98 Å². The van der Waals surface area contributed by atoms with Crippen LogP contribution in [-0.4, -0.2) is 71.0 Å². The monoisotopic (exact) mass is 636 g/mol. The molecule has 3 N–H and O–H groups in total. The summed E-state index contributed by atoms with van der Waals surface area (Å²) in [5, 5.41) is 22.6. The molecule has 0 radical (unpaired) electrons. The lowest BCUT2D eigenvalue weighted by Gasteiger charge is -2.31. The van der Waals surface area contributed by atoms with Crippen LogP contribution in [0.2, 0.25) is 10.0 Å². The van der Waals surface area contributed by atoms with Crippen LogP contribution in [0.1, 0.15) is 23.6 Å². The predicted octanol–water partition coefficient (Wildman–Crippen LogP) is 5.71. The van der Waals surface area contributed by atoms with E-state index in [2.05, 4.69) is 26.3 Å². The number of carbonyl (C=O) groups is 1. The van der Waals surface area contributed by atoms with Crippen molar-refractivity contribution in [2.24, 2.45) is 0 Å². The topological polar surface area (TPSA) is 117 Å². The fourth-order valence-corrected chi connectivity index (χ4v) is 6.21. The normalized spacial score (nSPS) is 13.8. The highest BCUT2D eigenvalue weighted by Gasteiger charge is 2.24. The number of halogens is 2. The number of aliphatic carboxylic acids is 1. The number of rotatable bonds is 11. The maximum Gasteiger partial charge on any atom is 0.317 e. The van der Waals surface area contributed by atoms with Crippen LogP contribution in [0, 0.1) is 0 Å². The number of nitrogens with one attached hydrogen (secondary N) is 1. The standard InChI is InChI=1S/C33H34Cl2N4O5/c1-19(40)17-39-12-10-20-13-22(14-28(43-2)26(20)18-39)32-31(35)24(9-11-37-32)23-5-4-6-25(30(23)34)27-8-7-21(33(38-27)44-3)15-36-16-29(41)42/h4-9,11,13-14,19,36,40H,10,12,15-18H2,1-3H3,(H,41,42). The summed E-state index contributed by atoms with van der Waals surface area (Å²) in [4.78, 5) is 22.4. The van der Waals surface area contributed by atoms with Gasteiger partial charge in [0.1, 0.15) is 5.75 Å². The zero-order valence-corrected chi connectivity index (χ0v) is 26.2. The van der Waals surface area contributed by atoms with Gasteiger partial charge in [-0.2, -0.15) is 0 Å². The molecule has 5 rings (SSSR count). The number of pyridine rings is 2. The highest BCUT2D eigenvalue weighted by atomic mass is 35.5. The number of fused-ring (bicyclic) bond motifs is 1. The molecule has 1 unspecified atom stereocenters. The summed E-state index contributed by atoms with van der Waals surface area (Å²) < 4.78 is 11.3. The highest BCUT2D eigenvalue weighted by molar-refractivity contribution is 6.39. The van der Waals surface area contributed by atoms with Crippen LogP contribution in [0.15, 0.2) is 54.7 Å². The third-order valence-corrected chi connectivity index (χ3v) is 8.36. The Hall–Kier alpha value is -3.73. The minimum Gasteiger partial charge on any atom is -0.496 e. The summed E-state index contributed by atoms with van der Waals surface area (Å²) in [7, 11) is 3.18. The third-order valence-electron chi connectivity index (χ3n) is 7.57. The van der Waals surface area contributed by atoms with Crippen LogP contribution in [0.3, 0.4) is 0 Å². The molecule has 2 aromatic carbocycles. The van der Waals surface area contributed by atoms with E-state index in [1.165, 1.54) is 12.7 Å². The van der Waals surface area contributed by atoms with Crippen molar-refractivity contribution < 1.29 is 24.5 Å². The van der Waals surface area contributed by atoms with Gasteiger partial charge in [-0.1, -0.05) is 47.5 Å². The van der Waals surface area contributed by atoms with E-state index in [0.717, 1.165) is 46.5 Å². The van der Waals surface area contributed by atoms with E-state index in [0.29, 0.717) is 52.5 Å². The van der Waals surface area contributed by atoms with Gasteiger partial charge in [0.15, 0.2) is 0 Å². The molecule has 2 aromatic heterocycles. The first-order chi connectivity index (χ1) is 21.2. The SMILES string of the molecule is COc1cc(-c2nccc(-c3cccc(-c4ccc(CNCC(=O)O)c(OC)n4)c3Cl)c2Cl)cc2c1CN(CC(C)O)CC2. The maximum atomic E-state index is 10.9. The Morgan fingerprint density at radius 2 is 1.84 bits per heavy atom. The van der Waals surface area contributed by atoms with Gasteiger partial charge in [0.05, 0.1) is 48.3 Å². The van der Waals surface area contributed by atoms with Crippen molar-refractivity contribution in [1.82, 2.24) is 20.2 Å². The van der Waals surface area contributed by atoms with E-state index >= 15 is 0 Å². The predicted molar refractivity (Wildman–Crippen MR) is 171 cm³/mol. The number of nitrogens with zero attached hydrogens (tertiary/aromatic N) is 3. The van der Waals surface area contributed by atoms with Crippen LogP contribution < -0.4 is 14.8 Å². The number of carboxylic acids is 1. The molecule has 1 aliphatic heterocycles. The summed E-state index contributed by atoms with van der Waals surface area (Å²) in [5.41, 5.74) is 7.23. The van der Waals surface area contributed by atoms with Gasteiger partial charge in [-0.3, -0.25) is 14.7 Å². The Bertz CT molecular complexity index is 1660. The first-order valence-electron chi connectivity index (χ1n) is 14.2. The van der Waals surface area contributed by atoms with Gasteiger partial charge >= 0.3 is 5.97 Å². The number of β-amino-alcohol motifs (C(OH)–C–C–N with tert-alkyl or cyclic N) is 1. The summed E-state index contributed by atoms with van der Waals surface area (Å²) in [6.45, 7) is 4.06. The molecule has 3 heterocycles. The molecule has 0 aliphatic carbocycles. The number of ether oxygens (including phenoxy) is 2. The van der Waals surface area contributed by atoms with Crippen molar-refractivity contribution >= 4 is 29.2 Å². The smallest absolute Gasteiger partial charge is 0.317 e. The first kappa shape index (κ1) is 31.7. The molecule has 9 nitrogen and oxygen atoms in total. The lowest BCUT2D eigenvalue weighted by Crippen LogP contribution is -2.35. The maximum absolute atomic E-state index is 10.9. The Balaban J connectivity index is 1.49. The minimum absolute atomic E-state index is 0.172. The molecule has 0 fully saturated rings. The van der Waals surface area contributed by atoms with Crippen LogP contribution in [0.5, 0.6) is 11.6 Å². The van der Waals surface area contributed by atoms with Gasteiger partial charge in [0, 0.05) is 65.8 Å². The molecule has 44 heavy (non-hydrogen) atoms. The van der Waals surface area contributed by atoms with Crippen molar-refractivity contribution in [2.45, 2.75) is 32.5 Å². The van der Waals surface area contributed by atoms with Crippen LogP contribution in [0.25, 0.3) is 33.6 Å². The van der Waals surface area contributed by atoms with E-state index in [1.807, 2.05) is 42.5 Å². The van der Waals surface area contributed by atoms with E-state index in [-0.39, 0.29) is 6.54 Å². The van der Waals surface area contributed by atoms with Crippen LogP contribution in [-0.2, 0) is 24.3 Å². The lowest BCUT2D eigenvalue weighted by molar-refractivity contribution is -0.136. The Morgan fingerprint density at radius 3 is 2.57 bits per heavy atom. The van der Waals surface area contributed by atoms with Gasteiger partial charge < -0.3 is 25.0 Å². The number of aromatic nitrogens is 2. The summed E-state index contributed by atoms with van der Waals surface area (Å²) in [6, 6.07) is 15.3. The second-order valence-corrected chi connectivity index (χ2v) is 11.5. The van der Waals surface area contributed by atoms with Gasteiger partial charge in [0.25, 0.3) is 0 Å². The molecule has 1 atom stereocenters. The third kappa shape index (κ3) is 6.82. The fourth-order valence-electron chi connectivity index (χ4n) is 5.56. The Labute approximate surface area is 266 Å². The van der Waals surface area contributed by atoms with Crippen LogP contribution in [0.4, 0.5) is 0 Å². The summed E-state index contributed by atoms with van der Waals surface area (Å²) in [5.74, 6) is 0.195. The van der Waals surface area contributed by atoms with Crippen molar-refractivity contribution in [1.29, 1.82) is 0 Å². The van der Waals surface area contributed by atoms with E-state index < -0.39 is 12.1 Å². The number of carboxylic acid groups (broad SMARTS) is 1. The van der Waals surface area contributed by atoms with Crippen LogP contribution >= 0.6 is 23.2 Å². The number of benzene rings is 2. The van der Waals surface area contributed by atoms with Crippen molar-refractivity contribution in [3.8, 4) is 45.3 Å². The van der Waals surface area contributed by atoms with E-state index in [4.69, 9.17) is 37.8 Å². The first-order valence-corrected chi connectivity index (χ1v) is 15.0. The molecule has 0 spiro atoms. The molecule has 1 aliphatic rings. The van der Waals surface area contributed by atoms with Gasteiger partial charge in [-0.15, -0.1) is 0 Å². The number of aliphatic hydroxyl groups excluding tert-OH is 1. The highest BCUT2D eigenvalue weighted by Crippen LogP contribution is 2.43. The average Bonchev–Trinajstić information content (AvgIpc) is 3.00. The second-order valence-electron chi connectivity index (χ2n) is 10.7. The average molecular weight is 638 g/mol. The van der Waals surface area contributed by atoms with Crippen molar-refractivity contribution in [3.05, 3.63) is 81.5 Å². The lowest BCUT2D eigenvalue weighted by atomic mass is 9.93. The van der Waals surface area contributed by atoms with E-state index in [9.17, 15) is 9.90 Å². The Kier molecular flexibility index (Phi) is 10.0. The molecule has 0 saturated heterocycles. The van der Waals surface area contributed by atoms with E-state index in [1.54, 1.807) is 20.2 Å². The zero-order chi connectivity index (χ0) is 31.4.